The normalized spacial score (nSPS) is 10.6. The number of likely N-dealkylation sites (N-methyl/N-ethyl adjacent to an activating group) is 2. The molecular formula is C12H19IN2O. The Labute approximate surface area is 112 Å². The lowest BCUT2D eigenvalue weighted by Gasteiger charge is -2.22. The molecule has 0 aliphatic carbocycles. The van der Waals surface area contributed by atoms with Gasteiger partial charge in [0.05, 0.1) is 10.7 Å². The number of nitrogens with zero attached hydrogens (tertiary/aromatic N) is 2. The number of rotatable bonds is 5. The summed E-state index contributed by atoms with van der Waals surface area (Å²) in [5.41, 5.74) is 1.19. The number of hydrogen-bond acceptors (Lipinski definition) is 3. The molecule has 4 heteroatoms. The van der Waals surface area contributed by atoms with Gasteiger partial charge in [0.15, 0.2) is 0 Å². The van der Waals surface area contributed by atoms with Crippen LogP contribution < -0.4 is 9.64 Å². The Balaban J connectivity index is 2.72. The van der Waals surface area contributed by atoms with E-state index in [1.807, 2.05) is 0 Å². The first kappa shape index (κ1) is 13.6. The Morgan fingerprint density at radius 3 is 2.44 bits per heavy atom. The van der Waals surface area contributed by atoms with Crippen LogP contribution in [0.1, 0.15) is 0 Å². The molecule has 0 aliphatic rings. The van der Waals surface area contributed by atoms with Crippen molar-refractivity contribution in [2.24, 2.45) is 0 Å². The second-order valence-corrected chi connectivity index (χ2v) is 5.21. The Morgan fingerprint density at radius 2 is 1.88 bits per heavy atom. The summed E-state index contributed by atoms with van der Waals surface area (Å²) in [6.07, 6.45) is 0. The Kier molecular flexibility index (Phi) is 5.34. The number of methoxy groups -OCH3 is 1. The fraction of sp³-hybridized carbons (Fsp3) is 0.500. The molecule has 1 aromatic rings. The zero-order valence-electron chi connectivity index (χ0n) is 10.3. The summed E-state index contributed by atoms with van der Waals surface area (Å²) in [6.45, 7) is 2.06. The molecule has 0 bridgehead atoms. The van der Waals surface area contributed by atoms with Gasteiger partial charge in [-0.15, -0.1) is 0 Å². The van der Waals surface area contributed by atoms with Crippen LogP contribution in [-0.2, 0) is 0 Å². The van der Waals surface area contributed by atoms with Crippen LogP contribution in [0.3, 0.4) is 0 Å². The molecule has 0 spiro atoms. The second kappa shape index (κ2) is 6.30. The third-order valence-corrected chi connectivity index (χ3v) is 3.35. The minimum Gasteiger partial charge on any atom is -0.496 e. The maximum absolute atomic E-state index is 5.32. The molecule has 0 aliphatic heterocycles. The second-order valence-electron chi connectivity index (χ2n) is 4.04. The molecule has 0 N–H and O–H groups in total. The predicted octanol–water partition coefficient (Wildman–Crippen LogP) is 2.30. The van der Waals surface area contributed by atoms with Crippen molar-refractivity contribution in [3.63, 3.8) is 0 Å². The lowest BCUT2D eigenvalue weighted by molar-refractivity contribution is 0.410. The maximum atomic E-state index is 5.32. The first-order chi connectivity index (χ1) is 7.54. The SMILES string of the molecule is COc1cc(N(C)CCN(C)C)ccc1I. The van der Waals surface area contributed by atoms with Gasteiger partial charge in [-0.1, -0.05) is 0 Å². The minimum absolute atomic E-state index is 0.940. The molecule has 16 heavy (non-hydrogen) atoms. The van der Waals surface area contributed by atoms with E-state index in [-0.39, 0.29) is 0 Å². The van der Waals surface area contributed by atoms with Crippen LogP contribution in [0.2, 0.25) is 0 Å². The van der Waals surface area contributed by atoms with Gasteiger partial charge in [0.1, 0.15) is 5.75 Å². The quantitative estimate of drug-likeness (QED) is 0.769. The molecule has 1 rings (SSSR count). The van der Waals surface area contributed by atoms with E-state index in [1.165, 1.54) is 5.69 Å². The molecule has 90 valence electrons. The minimum atomic E-state index is 0.940. The molecule has 0 fully saturated rings. The molecule has 0 saturated carbocycles. The van der Waals surface area contributed by atoms with E-state index in [0.717, 1.165) is 22.4 Å². The highest BCUT2D eigenvalue weighted by atomic mass is 127. The van der Waals surface area contributed by atoms with Crippen LogP contribution in [0, 0.1) is 3.57 Å². The van der Waals surface area contributed by atoms with Crippen LogP contribution >= 0.6 is 22.6 Å². The van der Waals surface area contributed by atoms with E-state index < -0.39 is 0 Å². The summed E-state index contributed by atoms with van der Waals surface area (Å²) < 4.78 is 6.46. The molecular weight excluding hydrogens is 315 g/mol. The molecule has 0 unspecified atom stereocenters. The number of hydrogen-bond donors (Lipinski definition) is 0. The first-order valence-electron chi connectivity index (χ1n) is 5.24. The summed E-state index contributed by atoms with van der Waals surface area (Å²) in [6, 6.07) is 6.29. The average molecular weight is 334 g/mol. The largest absolute Gasteiger partial charge is 0.496 e. The van der Waals surface area contributed by atoms with Crippen molar-refractivity contribution in [2.75, 3.05) is 46.2 Å². The van der Waals surface area contributed by atoms with E-state index in [4.69, 9.17) is 4.74 Å². The molecule has 3 nitrogen and oxygen atoms in total. The maximum Gasteiger partial charge on any atom is 0.134 e. The van der Waals surface area contributed by atoms with Gasteiger partial charge in [-0.05, 0) is 48.8 Å². The number of benzene rings is 1. The van der Waals surface area contributed by atoms with Crippen LogP contribution in [0.25, 0.3) is 0 Å². The van der Waals surface area contributed by atoms with Gasteiger partial charge in [0.25, 0.3) is 0 Å². The highest BCUT2D eigenvalue weighted by molar-refractivity contribution is 14.1. The van der Waals surface area contributed by atoms with Gasteiger partial charge in [0, 0.05) is 31.9 Å². The average Bonchev–Trinajstić information content (AvgIpc) is 2.26. The number of halogens is 1. The van der Waals surface area contributed by atoms with Crippen molar-refractivity contribution in [1.29, 1.82) is 0 Å². The van der Waals surface area contributed by atoms with Crippen molar-refractivity contribution in [2.45, 2.75) is 0 Å². The number of anilines is 1. The lowest BCUT2D eigenvalue weighted by Crippen LogP contribution is -2.28. The van der Waals surface area contributed by atoms with Crippen molar-refractivity contribution in [3.8, 4) is 5.75 Å². The molecule has 0 amide bonds. The first-order valence-corrected chi connectivity index (χ1v) is 6.32. The van der Waals surface area contributed by atoms with Gasteiger partial charge < -0.3 is 14.5 Å². The molecule has 1 aromatic carbocycles. The summed E-state index contributed by atoms with van der Waals surface area (Å²) in [4.78, 5) is 4.42. The summed E-state index contributed by atoms with van der Waals surface area (Å²) in [7, 11) is 7.98. The molecule has 0 radical (unpaired) electrons. The fourth-order valence-electron chi connectivity index (χ4n) is 1.37. The monoisotopic (exact) mass is 334 g/mol. The van der Waals surface area contributed by atoms with E-state index in [2.05, 4.69) is 71.7 Å². The van der Waals surface area contributed by atoms with Crippen molar-refractivity contribution >= 4 is 28.3 Å². The predicted molar refractivity (Wildman–Crippen MR) is 77.5 cm³/mol. The Hall–Kier alpha value is -0.490. The highest BCUT2D eigenvalue weighted by Crippen LogP contribution is 2.26. The van der Waals surface area contributed by atoms with Crippen LogP contribution in [0.5, 0.6) is 5.75 Å². The topological polar surface area (TPSA) is 15.7 Å². The molecule has 0 saturated heterocycles. The van der Waals surface area contributed by atoms with E-state index >= 15 is 0 Å². The standard InChI is InChI=1S/C12H19IN2O/c1-14(2)7-8-15(3)10-5-6-11(13)12(9-10)16-4/h5-6,9H,7-8H2,1-4H3. The van der Waals surface area contributed by atoms with Crippen LogP contribution in [0.4, 0.5) is 5.69 Å². The Morgan fingerprint density at radius 1 is 1.19 bits per heavy atom. The smallest absolute Gasteiger partial charge is 0.134 e. The highest BCUT2D eigenvalue weighted by Gasteiger charge is 2.05. The zero-order chi connectivity index (χ0) is 12.1. The van der Waals surface area contributed by atoms with Gasteiger partial charge in [0.2, 0.25) is 0 Å². The van der Waals surface area contributed by atoms with Crippen LogP contribution in [-0.4, -0.2) is 46.2 Å². The fourth-order valence-corrected chi connectivity index (χ4v) is 1.92. The molecule has 0 heterocycles. The van der Waals surface area contributed by atoms with Crippen molar-refractivity contribution in [1.82, 2.24) is 4.90 Å². The molecule has 0 atom stereocenters. The van der Waals surface area contributed by atoms with Crippen molar-refractivity contribution < 1.29 is 4.74 Å². The van der Waals surface area contributed by atoms with E-state index in [9.17, 15) is 0 Å². The lowest BCUT2D eigenvalue weighted by atomic mass is 10.3. The molecule has 0 aromatic heterocycles. The van der Waals surface area contributed by atoms with Gasteiger partial charge >= 0.3 is 0 Å². The third kappa shape index (κ3) is 3.83. The van der Waals surface area contributed by atoms with Crippen LogP contribution in [0.15, 0.2) is 18.2 Å². The van der Waals surface area contributed by atoms with Gasteiger partial charge in [-0.3, -0.25) is 0 Å². The number of ether oxygens (including phenoxy) is 1. The van der Waals surface area contributed by atoms with Crippen molar-refractivity contribution in [3.05, 3.63) is 21.8 Å². The summed E-state index contributed by atoms with van der Waals surface area (Å²) >= 11 is 2.28. The third-order valence-electron chi connectivity index (χ3n) is 2.46. The van der Waals surface area contributed by atoms with E-state index in [0.29, 0.717) is 0 Å². The zero-order valence-corrected chi connectivity index (χ0v) is 12.5. The Bertz CT molecular complexity index is 342. The summed E-state index contributed by atoms with van der Waals surface area (Å²) in [5, 5.41) is 0. The van der Waals surface area contributed by atoms with Gasteiger partial charge in [-0.2, -0.15) is 0 Å². The van der Waals surface area contributed by atoms with E-state index in [1.54, 1.807) is 7.11 Å². The van der Waals surface area contributed by atoms with Gasteiger partial charge in [-0.25, -0.2) is 0 Å². The summed E-state index contributed by atoms with van der Waals surface area (Å²) in [5.74, 6) is 0.940.